The number of rotatable bonds is 61. The van der Waals surface area contributed by atoms with E-state index in [0.717, 1.165) is 30.7 Å². The highest BCUT2D eigenvalue weighted by Crippen LogP contribution is 2.48. The lowest BCUT2D eigenvalue weighted by Gasteiger charge is -2.46. The lowest BCUT2D eigenvalue weighted by atomic mass is 9.60. The van der Waals surface area contributed by atoms with Crippen molar-refractivity contribution in [1.29, 1.82) is 0 Å². The molecule has 43 nitrogen and oxygen atoms in total. The van der Waals surface area contributed by atoms with Crippen LogP contribution in [-0.2, 0) is 168 Å². The minimum absolute atomic E-state index is 0.00467. The van der Waals surface area contributed by atoms with Gasteiger partial charge in [-0.25, -0.2) is 24.0 Å². The Morgan fingerprint density at radius 1 is 0.376 bits per heavy atom. The maximum atomic E-state index is 13.8. The molecule has 3 N–H and O–H groups in total. The summed E-state index contributed by atoms with van der Waals surface area (Å²) in [5.74, 6) is -1.42. The Hall–Kier alpha value is -2.97. The van der Waals surface area contributed by atoms with E-state index in [1.165, 1.54) is 13.1 Å². The number of hydrogen-bond acceptors (Lipinski definition) is 40. The number of esters is 2. The maximum Gasteiger partial charge on any atom is 0.407 e. The molecule has 72 heteroatoms. The van der Waals surface area contributed by atoms with Crippen molar-refractivity contribution < 1.29 is 182 Å². The van der Waals surface area contributed by atoms with Gasteiger partial charge in [0.05, 0.1) is 13.2 Å². The predicted octanol–water partition coefficient (Wildman–Crippen LogP) is -3.41. The molecule has 125 heavy (non-hydrogen) atoms. The third-order valence-electron chi connectivity index (χ3n) is 19.1. The van der Waals surface area contributed by atoms with Crippen molar-refractivity contribution >= 4 is 262 Å². The summed E-state index contributed by atoms with van der Waals surface area (Å²) in [7, 11) is -121. The minimum Gasteiger partial charge on any atom is -0.459 e. The molecule has 0 heterocycles. The smallest absolute Gasteiger partial charge is 0.407 e. The number of Topliss-reactive ketones (excluding diaryl/α,β-unsaturated/α-hetero) is 1. The highest BCUT2D eigenvalue weighted by molar-refractivity contribution is 7.84. The summed E-state index contributed by atoms with van der Waals surface area (Å²) in [4.78, 5) is 73.6. The molecule has 0 bridgehead atoms. The van der Waals surface area contributed by atoms with Crippen molar-refractivity contribution in [3.63, 3.8) is 0 Å². The largest absolute Gasteiger partial charge is 0.459 e. The van der Waals surface area contributed by atoms with E-state index in [-0.39, 0.29) is 95.1 Å². The van der Waals surface area contributed by atoms with E-state index >= 15 is 0 Å². The second-order valence-corrected chi connectivity index (χ2v) is 175. The lowest BCUT2D eigenvalue weighted by molar-refractivity contribution is -0.139. The number of amides is 3. The van der Waals surface area contributed by atoms with Gasteiger partial charge in [0, 0.05) is 70.5 Å². The molecule has 4 unspecified atom stereocenters. The van der Waals surface area contributed by atoms with Crippen molar-refractivity contribution in [1.82, 2.24) is 16.0 Å². The van der Waals surface area contributed by atoms with E-state index in [0.29, 0.717) is 70.4 Å². The average molecular weight is 2230 g/mol. The fourth-order valence-electron chi connectivity index (χ4n) is 13.8. The maximum absolute atomic E-state index is 13.8. The molecule has 2 aliphatic carbocycles. The zero-order valence-electron chi connectivity index (χ0n) is 70.9. The summed E-state index contributed by atoms with van der Waals surface area (Å²) in [6.45, 7) is 29.3. The van der Waals surface area contributed by atoms with E-state index in [1.807, 2.05) is 27.7 Å². The number of ether oxygens (including phenoxy) is 7. The summed E-state index contributed by atoms with van der Waals surface area (Å²) in [5.41, 5.74) is -1.76. The van der Waals surface area contributed by atoms with Crippen LogP contribution in [0.15, 0.2) is 25.3 Å². The third-order valence-corrected chi connectivity index (χ3v) is 237. The number of nitrogens with one attached hydrogen (secondary N) is 3. The highest BCUT2D eigenvalue weighted by Gasteiger charge is 2.59. The van der Waals surface area contributed by atoms with Gasteiger partial charge >= 0.3 is 223 Å². The summed E-state index contributed by atoms with van der Waals surface area (Å²) in [6, 6.07) is 1.39. The number of carbonyl (C=O) groups excluding carboxylic acids is 6. The van der Waals surface area contributed by atoms with Crippen LogP contribution in [0.1, 0.15) is 112 Å². The van der Waals surface area contributed by atoms with Crippen LogP contribution < -0.4 is 16.0 Å². The molecule has 2 rings (SSSR count). The van der Waals surface area contributed by atoms with E-state index in [9.17, 15) is 140 Å². The second kappa shape index (κ2) is 55.0. The third kappa shape index (κ3) is 40.4. The standard InChI is InChI=1S/C53H99N3O40Si29/c1-15-45(58)90-28-30-93-48(61)55-42-35-50(3,4)39-52(7,37-42)41-54-47(60)92-27-26-89-22-19-33-123(9,10)32-18-17-24-95-97-98(63)99(64)100(65)101(66)102(67)103(68)104(69)105(70)106(71)107(72)108(73)109(74)110(75)111(76)112(77)113(78)114(79)115(80)116(81)117(82)118(83)119(84)120(85)121(86)122(87)125(13,14)96-124(11,12)34-20-23-88-25-21-44(57)53(8)38-43(36-51(5,6)40-53)56-49(62)94-31-29-91-46(59)16-2/h15-16,42-43H,1-2,17-41,97H2,3-14H3,(H,54,60)(H,55,61)(H,56,62). The molecular formula is C53H99N3O40Si29. The molecule has 0 aromatic rings. The number of unbranched alkanes of at least 4 members (excludes halogenated alkanes) is 1. The molecule has 4 atom stereocenters. The fourth-order valence-corrected chi connectivity index (χ4v) is 334. The molecule has 0 spiro atoms. The van der Waals surface area contributed by atoms with Crippen LogP contribution in [0, 0.1) is 21.7 Å². The Balaban J connectivity index is 1.82. The molecule has 2 aliphatic rings. The highest BCUT2D eigenvalue weighted by atomic mass is 30.1. The predicted molar refractivity (Wildman–Crippen MR) is 463 cm³/mol. The van der Waals surface area contributed by atoms with Crippen LogP contribution in [0.5, 0.6) is 0 Å². The minimum atomic E-state index is -4.71. The Morgan fingerprint density at radius 3 is 1.12 bits per heavy atom. The fraction of sp³-hybridized carbons (Fsp3) is 0.811. The normalized spacial score (nSPS) is 17.0. The van der Waals surface area contributed by atoms with Crippen LogP contribution in [0.3, 0.4) is 0 Å². The van der Waals surface area contributed by atoms with Gasteiger partial charge in [-0.15, -0.1) is 0 Å². The van der Waals surface area contributed by atoms with Crippen molar-refractivity contribution in [2.45, 2.75) is 182 Å². The number of alkyl carbamates (subject to hydrolysis) is 3. The molecule has 0 saturated heterocycles. The van der Waals surface area contributed by atoms with Gasteiger partial charge in [0.1, 0.15) is 38.8 Å². The number of hydrogen-bond donors (Lipinski definition) is 3. The first-order valence-corrected chi connectivity index (χ1v) is 111. The Bertz CT molecular complexity index is 4570. The number of ketones is 1. The van der Waals surface area contributed by atoms with Crippen LogP contribution in [0.2, 0.25) is 57.4 Å². The monoisotopic (exact) mass is 2230 g/mol. The van der Waals surface area contributed by atoms with Crippen molar-refractivity contribution in [2.24, 2.45) is 21.7 Å². The van der Waals surface area contributed by atoms with Gasteiger partial charge in [-0.1, -0.05) is 86.3 Å². The van der Waals surface area contributed by atoms with E-state index in [4.69, 9.17) is 41.7 Å². The van der Waals surface area contributed by atoms with Gasteiger partial charge in [-0.3, -0.25) is 4.79 Å². The first kappa shape index (κ1) is 118. The summed E-state index contributed by atoms with van der Waals surface area (Å²) in [5, 5.41) is 8.45. The average Bonchev–Trinajstić information content (AvgIpc) is 0.783. The summed E-state index contributed by atoms with van der Waals surface area (Å²) in [6.07, 6.45) is 5.54. The molecule has 3 amide bonds. The first-order chi connectivity index (χ1) is 57.7. The molecule has 0 aromatic carbocycles. The molecule has 2 saturated carbocycles. The zero-order valence-corrected chi connectivity index (χ0v) is 100. The second-order valence-electron chi connectivity index (χ2n) is 33.0. The van der Waals surface area contributed by atoms with Crippen molar-refractivity contribution in [2.75, 3.05) is 72.6 Å². The quantitative estimate of drug-likeness (QED) is 0.0176. The van der Waals surface area contributed by atoms with Gasteiger partial charge in [0.25, 0.3) is 0 Å². The van der Waals surface area contributed by atoms with Crippen molar-refractivity contribution in [3.8, 4) is 0 Å². The Labute approximate surface area is 755 Å². The van der Waals surface area contributed by atoms with Crippen LogP contribution >= 0.6 is 0 Å². The van der Waals surface area contributed by atoms with Crippen LogP contribution in [0.25, 0.3) is 0 Å². The van der Waals surface area contributed by atoms with Gasteiger partial charge in [0.15, 0.2) is 8.32 Å². The van der Waals surface area contributed by atoms with Gasteiger partial charge in [-0.2, -0.15) is 0 Å². The van der Waals surface area contributed by atoms with Crippen LogP contribution in [-0.4, -0.2) is 347 Å². The number of carbonyl (C=O) groups is 6. The molecule has 682 valence electrons. The van der Waals surface area contributed by atoms with Gasteiger partial charge in [0.2, 0.25) is 17.1 Å². The molecule has 0 aliphatic heterocycles. The Kier molecular flexibility index (Phi) is 52.0. The van der Waals surface area contributed by atoms with E-state index in [1.54, 1.807) is 13.1 Å². The molecule has 0 radical (unpaired) electrons. The van der Waals surface area contributed by atoms with Crippen molar-refractivity contribution in [3.05, 3.63) is 25.3 Å². The van der Waals surface area contributed by atoms with E-state index < -0.39 is 274 Å². The van der Waals surface area contributed by atoms with Gasteiger partial charge in [-0.05, 0) is 106 Å². The zero-order chi connectivity index (χ0) is 95.8. The first-order valence-electron chi connectivity index (χ1n) is 38.6. The Morgan fingerprint density at radius 2 is 0.712 bits per heavy atom. The summed E-state index contributed by atoms with van der Waals surface area (Å²) >= 11 is 0. The SMILES string of the molecule is C=CC(=O)OCCOC(=O)NC1CC(C)(C)CC(C)(CNC(=O)OCCOCCC[Si](C)(C)CCCCO[SiH2][Si](=O)[Si](=O)[Si](=O)[Si](=O)[Si](=O)[Si](=O)[Si](=O)[Si](=O)[Si](=O)[Si](=O)[Si](=O)[Si](=O)[Si](=O)[Si](=O)[Si](=O)[Si](=O)[Si](=O)[Si](=O)[Si](=O)[Si](=O)[Si](=O)[Si](=O)[Si](=O)[Si](=O)[Si](=O)[Si](C)(C)O[Si](C)(C)CCCOCCC(=O)C2(C)CC(NC(=O)OCCOC(=O)C=C)CC(C)(C)C2)C1. The molecule has 0 aromatic heterocycles. The molecule has 2 fully saturated rings. The van der Waals surface area contributed by atoms with E-state index in [2.05, 4.69) is 56.0 Å². The topological polar surface area (TPSA) is 648 Å². The van der Waals surface area contributed by atoms with Crippen LogP contribution in [0.4, 0.5) is 14.4 Å². The molecular weight excluding hydrogens is 2130 g/mol. The van der Waals surface area contributed by atoms with Gasteiger partial charge < -0.3 is 169 Å². The summed E-state index contributed by atoms with van der Waals surface area (Å²) < 4.78 is 377. The lowest BCUT2D eigenvalue weighted by Crippen LogP contribution is -2.60.